The molecule has 0 heterocycles. The molecule has 0 aliphatic heterocycles. The lowest BCUT2D eigenvalue weighted by atomic mass is 10.0. The molecule has 2 aromatic carbocycles. The van der Waals surface area contributed by atoms with Crippen molar-refractivity contribution in [2.45, 2.75) is 12.8 Å². The third-order valence-corrected chi connectivity index (χ3v) is 3.17. The molecule has 0 saturated heterocycles. The van der Waals surface area contributed by atoms with Crippen molar-refractivity contribution in [3.8, 4) is 0 Å². The number of halogens is 3. The van der Waals surface area contributed by atoms with E-state index in [2.05, 4.69) is 15.9 Å². The predicted molar refractivity (Wildman–Crippen MR) is 72.9 cm³/mol. The fraction of sp³-hybridized carbons (Fsp3) is 0.133. The van der Waals surface area contributed by atoms with Crippen molar-refractivity contribution in [3.05, 3.63) is 69.7 Å². The summed E-state index contributed by atoms with van der Waals surface area (Å²) < 4.78 is 26.7. The molecule has 0 aliphatic rings. The third-order valence-electron chi connectivity index (χ3n) is 2.68. The van der Waals surface area contributed by atoms with Crippen LogP contribution in [0.15, 0.2) is 46.9 Å². The number of Topliss-reactive ketones (excluding diaryl/α,β-unsaturated/α-hetero) is 1. The molecule has 0 amide bonds. The maximum Gasteiger partial charge on any atom is 0.159 e. The van der Waals surface area contributed by atoms with Crippen LogP contribution < -0.4 is 0 Å². The zero-order valence-corrected chi connectivity index (χ0v) is 11.6. The SMILES string of the molecule is O=C(Cc1cccc(Br)c1)Cc1ccc(F)c(F)c1. The van der Waals surface area contributed by atoms with Gasteiger partial charge in [0.15, 0.2) is 11.6 Å². The Labute approximate surface area is 118 Å². The molecule has 0 fully saturated rings. The van der Waals surface area contributed by atoms with E-state index in [-0.39, 0.29) is 18.6 Å². The van der Waals surface area contributed by atoms with Crippen molar-refractivity contribution in [1.82, 2.24) is 0 Å². The van der Waals surface area contributed by atoms with Crippen LogP contribution in [-0.4, -0.2) is 5.78 Å². The minimum atomic E-state index is -0.923. The van der Waals surface area contributed by atoms with Crippen molar-refractivity contribution in [2.75, 3.05) is 0 Å². The van der Waals surface area contributed by atoms with Crippen molar-refractivity contribution < 1.29 is 13.6 Å². The van der Waals surface area contributed by atoms with E-state index in [0.717, 1.165) is 22.2 Å². The molecule has 2 aromatic rings. The van der Waals surface area contributed by atoms with E-state index in [0.29, 0.717) is 5.56 Å². The van der Waals surface area contributed by atoms with Crippen molar-refractivity contribution in [1.29, 1.82) is 0 Å². The number of carbonyl (C=O) groups excluding carboxylic acids is 1. The zero-order chi connectivity index (χ0) is 13.8. The molecule has 0 saturated carbocycles. The van der Waals surface area contributed by atoms with Crippen LogP contribution in [-0.2, 0) is 17.6 Å². The van der Waals surface area contributed by atoms with Crippen LogP contribution in [0.4, 0.5) is 8.78 Å². The van der Waals surface area contributed by atoms with E-state index in [1.807, 2.05) is 24.3 Å². The molecule has 0 atom stereocenters. The lowest BCUT2D eigenvalue weighted by molar-refractivity contribution is -0.117. The van der Waals surface area contributed by atoms with E-state index in [1.165, 1.54) is 6.07 Å². The summed E-state index contributed by atoms with van der Waals surface area (Å²) in [7, 11) is 0. The lowest BCUT2D eigenvalue weighted by Gasteiger charge is -2.03. The van der Waals surface area contributed by atoms with Crippen molar-refractivity contribution in [2.24, 2.45) is 0 Å². The summed E-state index contributed by atoms with van der Waals surface area (Å²) in [4.78, 5) is 11.9. The third kappa shape index (κ3) is 3.96. The van der Waals surface area contributed by atoms with Gasteiger partial charge in [-0.1, -0.05) is 34.1 Å². The van der Waals surface area contributed by atoms with E-state index >= 15 is 0 Å². The number of carbonyl (C=O) groups is 1. The van der Waals surface area contributed by atoms with Gasteiger partial charge in [-0.25, -0.2) is 8.78 Å². The molecule has 2 rings (SSSR count). The van der Waals surface area contributed by atoms with Gasteiger partial charge in [-0.15, -0.1) is 0 Å². The minimum Gasteiger partial charge on any atom is -0.299 e. The molecule has 0 spiro atoms. The Morgan fingerprint density at radius 2 is 1.63 bits per heavy atom. The topological polar surface area (TPSA) is 17.1 Å². The minimum absolute atomic E-state index is 0.0379. The highest BCUT2D eigenvalue weighted by Crippen LogP contribution is 2.14. The normalized spacial score (nSPS) is 10.5. The summed E-state index contributed by atoms with van der Waals surface area (Å²) in [5.74, 6) is -1.86. The average Bonchev–Trinajstić information content (AvgIpc) is 2.34. The summed E-state index contributed by atoms with van der Waals surface area (Å²) in [5.41, 5.74) is 1.38. The first-order chi connectivity index (χ1) is 9.04. The van der Waals surface area contributed by atoms with Gasteiger partial charge in [0.05, 0.1) is 0 Å². The Morgan fingerprint density at radius 3 is 2.26 bits per heavy atom. The second kappa shape index (κ2) is 6.06. The number of benzene rings is 2. The van der Waals surface area contributed by atoms with Gasteiger partial charge in [0, 0.05) is 17.3 Å². The first kappa shape index (κ1) is 13.9. The largest absolute Gasteiger partial charge is 0.299 e. The van der Waals surface area contributed by atoms with E-state index < -0.39 is 11.6 Å². The molecule has 0 unspecified atom stereocenters. The molecule has 19 heavy (non-hydrogen) atoms. The quantitative estimate of drug-likeness (QED) is 0.828. The number of hydrogen-bond donors (Lipinski definition) is 0. The highest BCUT2D eigenvalue weighted by molar-refractivity contribution is 9.10. The Kier molecular flexibility index (Phi) is 4.43. The van der Waals surface area contributed by atoms with Gasteiger partial charge in [0.2, 0.25) is 0 Å². The molecule has 1 nitrogen and oxygen atoms in total. The maximum absolute atomic E-state index is 13.0. The van der Waals surface area contributed by atoms with Crippen LogP contribution in [0.5, 0.6) is 0 Å². The molecule has 98 valence electrons. The smallest absolute Gasteiger partial charge is 0.159 e. The van der Waals surface area contributed by atoms with Crippen molar-refractivity contribution >= 4 is 21.7 Å². The van der Waals surface area contributed by atoms with Crippen LogP contribution in [0.25, 0.3) is 0 Å². The second-order valence-electron chi connectivity index (χ2n) is 4.27. The van der Waals surface area contributed by atoms with Gasteiger partial charge in [-0.2, -0.15) is 0 Å². The van der Waals surface area contributed by atoms with E-state index in [4.69, 9.17) is 0 Å². The summed E-state index contributed by atoms with van der Waals surface area (Å²) in [6.07, 6.45) is 0.377. The number of hydrogen-bond acceptors (Lipinski definition) is 1. The van der Waals surface area contributed by atoms with Crippen LogP contribution in [0.2, 0.25) is 0 Å². The standard InChI is InChI=1S/C15H11BrF2O/c16-12-3-1-2-10(6-12)7-13(19)8-11-4-5-14(17)15(18)9-11/h1-6,9H,7-8H2. The second-order valence-corrected chi connectivity index (χ2v) is 5.19. The van der Waals surface area contributed by atoms with Crippen LogP contribution >= 0.6 is 15.9 Å². The molecule has 4 heteroatoms. The Hall–Kier alpha value is -1.55. The average molecular weight is 325 g/mol. The van der Waals surface area contributed by atoms with E-state index in [9.17, 15) is 13.6 Å². The Balaban J connectivity index is 2.03. The highest BCUT2D eigenvalue weighted by atomic mass is 79.9. The lowest BCUT2D eigenvalue weighted by Crippen LogP contribution is -2.07. The van der Waals surface area contributed by atoms with Gasteiger partial charge >= 0.3 is 0 Å². The molecular weight excluding hydrogens is 314 g/mol. The Morgan fingerprint density at radius 1 is 0.947 bits per heavy atom. The van der Waals surface area contributed by atoms with Gasteiger partial charge in [-0.05, 0) is 35.4 Å². The molecule has 0 aromatic heterocycles. The van der Waals surface area contributed by atoms with Crippen LogP contribution in [0.1, 0.15) is 11.1 Å². The van der Waals surface area contributed by atoms with Crippen LogP contribution in [0.3, 0.4) is 0 Å². The van der Waals surface area contributed by atoms with Gasteiger partial charge < -0.3 is 0 Å². The predicted octanol–water partition coefficient (Wildman–Crippen LogP) is 4.08. The molecular formula is C15H11BrF2O. The molecule has 0 bridgehead atoms. The molecule has 0 radical (unpaired) electrons. The van der Waals surface area contributed by atoms with E-state index in [1.54, 1.807) is 0 Å². The molecule has 0 N–H and O–H groups in total. The monoisotopic (exact) mass is 324 g/mol. The zero-order valence-electron chi connectivity index (χ0n) is 10.00. The summed E-state index contributed by atoms with van der Waals surface area (Å²) in [5, 5.41) is 0. The number of ketones is 1. The first-order valence-corrected chi connectivity index (χ1v) is 6.54. The highest BCUT2D eigenvalue weighted by Gasteiger charge is 2.08. The van der Waals surface area contributed by atoms with Gasteiger partial charge in [-0.3, -0.25) is 4.79 Å². The first-order valence-electron chi connectivity index (χ1n) is 5.74. The summed E-state index contributed by atoms with van der Waals surface area (Å²) in [6, 6.07) is 11.0. The summed E-state index contributed by atoms with van der Waals surface area (Å²) >= 11 is 3.33. The summed E-state index contributed by atoms with van der Waals surface area (Å²) in [6.45, 7) is 0. The number of rotatable bonds is 4. The van der Waals surface area contributed by atoms with Crippen molar-refractivity contribution in [3.63, 3.8) is 0 Å². The fourth-order valence-electron chi connectivity index (χ4n) is 1.81. The van der Waals surface area contributed by atoms with Gasteiger partial charge in [0.25, 0.3) is 0 Å². The maximum atomic E-state index is 13.0. The molecule has 0 aliphatic carbocycles. The van der Waals surface area contributed by atoms with Gasteiger partial charge in [0.1, 0.15) is 5.78 Å². The fourth-order valence-corrected chi connectivity index (χ4v) is 2.26. The van der Waals surface area contributed by atoms with Crippen LogP contribution in [0, 0.1) is 11.6 Å². The Bertz CT molecular complexity index is 611.